The van der Waals surface area contributed by atoms with E-state index in [1.165, 1.54) is 5.56 Å². The summed E-state index contributed by atoms with van der Waals surface area (Å²) in [5.41, 5.74) is 2.11. The number of rotatable bonds is 8. The van der Waals surface area contributed by atoms with E-state index in [-0.39, 0.29) is 24.4 Å². The fourth-order valence-electron chi connectivity index (χ4n) is 3.68. The molecule has 2 saturated heterocycles. The molecule has 0 aromatic heterocycles. The number of nitrogens with one attached hydrogen (secondary N) is 1. The lowest BCUT2D eigenvalue weighted by atomic mass is 10.0. The molecule has 1 aromatic rings. The number of carbonyl (C=O) groups is 3. The van der Waals surface area contributed by atoms with Crippen molar-refractivity contribution in [2.45, 2.75) is 39.0 Å². The Labute approximate surface area is 166 Å². The Morgan fingerprint density at radius 3 is 2.46 bits per heavy atom. The van der Waals surface area contributed by atoms with E-state index < -0.39 is 0 Å². The van der Waals surface area contributed by atoms with Crippen molar-refractivity contribution >= 4 is 23.5 Å². The van der Waals surface area contributed by atoms with Gasteiger partial charge in [0.1, 0.15) is 6.54 Å². The number of amides is 4. The number of benzene rings is 1. The summed E-state index contributed by atoms with van der Waals surface area (Å²) >= 11 is 0. The van der Waals surface area contributed by atoms with Crippen molar-refractivity contribution in [1.29, 1.82) is 0 Å². The Morgan fingerprint density at radius 2 is 1.82 bits per heavy atom. The number of likely N-dealkylation sites (tertiary alicyclic amines) is 1. The van der Waals surface area contributed by atoms with Crippen LogP contribution in [0.4, 0.5) is 10.5 Å². The summed E-state index contributed by atoms with van der Waals surface area (Å²) in [5, 5.41) is 2.85. The van der Waals surface area contributed by atoms with Crippen molar-refractivity contribution in [3.8, 4) is 0 Å². The van der Waals surface area contributed by atoms with Crippen LogP contribution in [0.3, 0.4) is 0 Å². The van der Waals surface area contributed by atoms with Crippen molar-refractivity contribution in [2.75, 3.05) is 44.2 Å². The molecule has 0 spiro atoms. The maximum atomic E-state index is 12.6. The summed E-state index contributed by atoms with van der Waals surface area (Å²) in [4.78, 5) is 41.5. The van der Waals surface area contributed by atoms with Crippen molar-refractivity contribution in [1.82, 2.24) is 15.1 Å². The minimum atomic E-state index is -0.155. The quantitative estimate of drug-likeness (QED) is 0.696. The molecule has 2 aliphatic rings. The molecule has 152 valence electrons. The minimum Gasteiger partial charge on any atom is -0.354 e. The Hall–Kier alpha value is -2.57. The summed E-state index contributed by atoms with van der Waals surface area (Å²) in [6.07, 6.45) is 2.30. The summed E-state index contributed by atoms with van der Waals surface area (Å²) < 4.78 is 0. The smallest absolute Gasteiger partial charge is 0.325 e. The van der Waals surface area contributed by atoms with E-state index >= 15 is 0 Å². The first-order chi connectivity index (χ1) is 13.5. The van der Waals surface area contributed by atoms with E-state index in [1.807, 2.05) is 29.2 Å². The van der Waals surface area contributed by atoms with Gasteiger partial charge >= 0.3 is 6.03 Å². The monoisotopic (exact) mass is 386 g/mol. The lowest BCUT2D eigenvalue weighted by Gasteiger charge is -2.19. The first-order valence-electron chi connectivity index (χ1n) is 10.2. The predicted octanol–water partition coefficient (Wildman–Crippen LogP) is 2.18. The average molecular weight is 386 g/mol. The number of hydrogen-bond acceptors (Lipinski definition) is 3. The van der Waals surface area contributed by atoms with Crippen LogP contribution in [0.2, 0.25) is 0 Å². The molecule has 3 rings (SSSR count). The Balaban J connectivity index is 1.41. The van der Waals surface area contributed by atoms with Crippen LogP contribution < -0.4 is 10.2 Å². The lowest BCUT2D eigenvalue weighted by Crippen LogP contribution is -2.40. The molecule has 4 amide bonds. The maximum Gasteiger partial charge on any atom is 0.325 e. The van der Waals surface area contributed by atoms with Crippen LogP contribution in [-0.4, -0.2) is 66.9 Å². The van der Waals surface area contributed by atoms with Crippen LogP contribution in [0.5, 0.6) is 0 Å². The van der Waals surface area contributed by atoms with Gasteiger partial charge in [-0.25, -0.2) is 4.79 Å². The summed E-state index contributed by atoms with van der Waals surface area (Å²) in [7, 11) is 0. The highest BCUT2D eigenvalue weighted by Crippen LogP contribution is 2.23. The molecular weight excluding hydrogens is 356 g/mol. The van der Waals surface area contributed by atoms with Crippen LogP contribution in [0.25, 0.3) is 0 Å². The highest BCUT2D eigenvalue weighted by Gasteiger charge is 2.30. The largest absolute Gasteiger partial charge is 0.354 e. The third kappa shape index (κ3) is 4.82. The Morgan fingerprint density at radius 1 is 1.07 bits per heavy atom. The van der Waals surface area contributed by atoms with Gasteiger partial charge in [-0.2, -0.15) is 0 Å². The molecule has 0 atom stereocenters. The molecule has 0 saturated carbocycles. The van der Waals surface area contributed by atoms with Gasteiger partial charge in [-0.15, -0.1) is 0 Å². The normalized spacial score (nSPS) is 17.2. The molecule has 1 aromatic carbocycles. The van der Waals surface area contributed by atoms with Crippen LogP contribution in [0, 0.1) is 0 Å². The zero-order valence-electron chi connectivity index (χ0n) is 16.8. The zero-order valence-corrected chi connectivity index (χ0v) is 16.8. The fraction of sp³-hybridized carbons (Fsp3) is 0.571. The molecule has 0 aliphatic carbocycles. The molecule has 2 aliphatic heterocycles. The summed E-state index contributed by atoms with van der Waals surface area (Å²) in [6.45, 7) is 7.50. The number of urea groups is 1. The van der Waals surface area contributed by atoms with Gasteiger partial charge in [0.15, 0.2) is 0 Å². The van der Waals surface area contributed by atoms with Crippen molar-refractivity contribution in [3.05, 3.63) is 29.8 Å². The van der Waals surface area contributed by atoms with Crippen molar-refractivity contribution in [2.24, 2.45) is 0 Å². The van der Waals surface area contributed by atoms with Crippen LogP contribution in [-0.2, 0) is 9.59 Å². The number of hydrogen-bond donors (Lipinski definition) is 1. The fourth-order valence-corrected chi connectivity index (χ4v) is 3.68. The minimum absolute atomic E-state index is 0.0715. The zero-order chi connectivity index (χ0) is 20.1. The van der Waals surface area contributed by atoms with Gasteiger partial charge in [-0.05, 0) is 36.5 Å². The van der Waals surface area contributed by atoms with Gasteiger partial charge in [-0.1, -0.05) is 26.0 Å². The topological polar surface area (TPSA) is 73.0 Å². The molecule has 0 bridgehead atoms. The second-order valence-corrected chi connectivity index (χ2v) is 7.79. The third-order valence-corrected chi connectivity index (χ3v) is 5.40. The molecule has 28 heavy (non-hydrogen) atoms. The SMILES string of the molecule is CC(C)c1ccc(N2CCN(CC(=O)NCCCN3CCCC3=O)C2=O)cc1. The van der Waals surface area contributed by atoms with E-state index in [0.29, 0.717) is 38.5 Å². The molecule has 0 radical (unpaired) electrons. The van der Waals surface area contributed by atoms with Gasteiger partial charge in [0.25, 0.3) is 0 Å². The molecule has 7 heteroatoms. The molecule has 2 fully saturated rings. The first-order valence-corrected chi connectivity index (χ1v) is 10.2. The van der Waals surface area contributed by atoms with Crippen LogP contribution in [0.1, 0.15) is 44.6 Å². The highest BCUT2D eigenvalue weighted by atomic mass is 16.2. The Bertz CT molecular complexity index is 717. The highest BCUT2D eigenvalue weighted by molar-refractivity contribution is 5.96. The first kappa shape index (κ1) is 20.2. The van der Waals surface area contributed by atoms with E-state index in [0.717, 1.165) is 25.1 Å². The molecule has 7 nitrogen and oxygen atoms in total. The van der Waals surface area contributed by atoms with E-state index in [2.05, 4.69) is 19.2 Å². The van der Waals surface area contributed by atoms with Gasteiger partial charge in [-0.3, -0.25) is 14.5 Å². The van der Waals surface area contributed by atoms with Crippen molar-refractivity contribution in [3.63, 3.8) is 0 Å². The molecule has 2 heterocycles. The summed E-state index contributed by atoms with van der Waals surface area (Å²) in [6, 6.07) is 7.91. The third-order valence-electron chi connectivity index (χ3n) is 5.40. The predicted molar refractivity (Wildman–Crippen MR) is 108 cm³/mol. The lowest BCUT2D eigenvalue weighted by molar-refractivity contribution is -0.127. The van der Waals surface area contributed by atoms with Crippen LogP contribution in [0.15, 0.2) is 24.3 Å². The number of anilines is 1. The van der Waals surface area contributed by atoms with Gasteiger partial charge in [0.05, 0.1) is 0 Å². The van der Waals surface area contributed by atoms with Crippen LogP contribution >= 0.6 is 0 Å². The second kappa shape index (κ2) is 9.08. The van der Waals surface area contributed by atoms with E-state index in [9.17, 15) is 14.4 Å². The number of nitrogens with zero attached hydrogens (tertiary/aromatic N) is 3. The van der Waals surface area contributed by atoms with Crippen molar-refractivity contribution < 1.29 is 14.4 Å². The average Bonchev–Trinajstić information content (AvgIpc) is 3.25. The molecular formula is C21H30N4O3. The second-order valence-electron chi connectivity index (χ2n) is 7.79. The summed E-state index contributed by atoms with van der Waals surface area (Å²) in [5.74, 6) is 0.501. The van der Waals surface area contributed by atoms with E-state index in [1.54, 1.807) is 9.80 Å². The standard InChI is InChI=1S/C21H30N4O3/c1-16(2)17-6-8-18(9-7-17)25-14-13-24(21(25)28)15-19(26)22-10-4-12-23-11-3-5-20(23)27/h6-9,16H,3-5,10-15H2,1-2H3,(H,22,26). The van der Waals surface area contributed by atoms with Gasteiger partial charge < -0.3 is 15.1 Å². The van der Waals surface area contributed by atoms with Gasteiger partial charge in [0, 0.05) is 44.8 Å². The molecule has 1 N–H and O–H groups in total. The Kier molecular flexibility index (Phi) is 6.54. The number of carbonyl (C=O) groups excluding carboxylic acids is 3. The molecule has 0 unspecified atom stereocenters. The van der Waals surface area contributed by atoms with E-state index in [4.69, 9.17) is 0 Å². The maximum absolute atomic E-state index is 12.6. The van der Waals surface area contributed by atoms with Gasteiger partial charge in [0.2, 0.25) is 11.8 Å².